The van der Waals surface area contributed by atoms with Crippen molar-refractivity contribution >= 4 is 23.6 Å². The van der Waals surface area contributed by atoms with Crippen molar-refractivity contribution in [2.75, 3.05) is 6.26 Å². The summed E-state index contributed by atoms with van der Waals surface area (Å²) in [7, 11) is 0. The van der Waals surface area contributed by atoms with Gasteiger partial charge in [0.2, 0.25) is 0 Å². The number of carboxylic acids is 1. The Hall–Kier alpha value is -2.21. The minimum Gasteiger partial charge on any atom is -0.478 e. The zero-order valence-corrected chi connectivity index (χ0v) is 14.1. The molecule has 0 fully saturated rings. The molecule has 5 nitrogen and oxygen atoms in total. The zero-order chi connectivity index (χ0) is 17.0. The number of aromatic carboxylic acids is 1. The predicted molar refractivity (Wildman–Crippen MR) is 89.2 cm³/mol. The summed E-state index contributed by atoms with van der Waals surface area (Å²) in [5, 5.41) is 11.9. The number of furan rings is 1. The lowest BCUT2D eigenvalue weighted by Crippen LogP contribution is -2.22. The Bertz CT molecular complexity index is 736. The molecule has 0 spiro atoms. The van der Waals surface area contributed by atoms with Crippen molar-refractivity contribution in [3.63, 3.8) is 0 Å². The average molecular weight is 333 g/mol. The molecule has 0 bridgehead atoms. The van der Waals surface area contributed by atoms with Crippen LogP contribution in [0.5, 0.6) is 0 Å². The average Bonchev–Trinajstić information content (AvgIpc) is 2.98. The second kappa shape index (κ2) is 7.37. The van der Waals surface area contributed by atoms with Crippen molar-refractivity contribution in [3.05, 3.63) is 52.5 Å². The van der Waals surface area contributed by atoms with Crippen LogP contribution in [0.2, 0.25) is 0 Å². The van der Waals surface area contributed by atoms with Gasteiger partial charge in [0.1, 0.15) is 11.3 Å². The highest BCUT2D eigenvalue weighted by Crippen LogP contribution is 2.22. The van der Waals surface area contributed by atoms with E-state index < -0.39 is 11.9 Å². The Kier molecular flexibility index (Phi) is 5.50. The fourth-order valence-electron chi connectivity index (χ4n) is 2.24. The van der Waals surface area contributed by atoms with E-state index in [-0.39, 0.29) is 11.3 Å². The van der Waals surface area contributed by atoms with Crippen molar-refractivity contribution in [1.82, 2.24) is 5.32 Å². The first kappa shape index (κ1) is 17.1. The molecule has 2 rings (SSSR count). The maximum absolute atomic E-state index is 12.2. The number of carbonyl (C=O) groups is 2. The molecule has 1 aromatic heterocycles. The quantitative estimate of drug-likeness (QED) is 0.791. The highest BCUT2D eigenvalue weighted by atomic mass is 32.2. The highest BCUT2D eigenvalue weighted by Gasteiger charge is 2.20. The molecule has 6 heteroatoms. The van der Waals surface area contributed by atoms with Crippen LogP contribution < -0.4 is 5.32 Å². The van der Waals surface area contributed by atoms with Crippen molar-refractivity contribution in [2.45, 2.75) is 31.7 Å². The van der Waals surface area contributed by atoms with Crippen molar-refractivity contribution in [1.29, 1.82) is 0 Å². The number of amides is 1. The van der Waals surface area contributed by atoms with E-state index in [9.17, 15) is 9.59 Å². The minimum absolute atomic E-state index is 0.0251. The van der Waals surface area contributed by atoms with Crippen molar-refractivity contribution < 1.29 is 19.1 Å². The Balaban J connectivity index is 2.12. The number of rotatable bonds is 6. The molecule has 1 heterocycles. The number of carboxylic acid groups (broad SMARTS) is 1. The smallest absolute Gasteiger partial charge is 0.339 e. The molecule has 23 heavy (non-hydrogen) atoms. The van der Waals surface area contributed by atoms with Gasteiger partial charge in [-0.15, -0.1) is 11.8 Å². The van der Waals surface area contributed by atoms with Gasteiger partial charge in [0.25, 0.3) is 5.91 Å². The molecule has 0 aliphatic rings. The lowest BCUT2D eigenvalue weighted by atomic mass is 10.1. The van der Waals surface area contributed by atoms with Crippen LogP contribution in [0.15, 0.2) is 33.6 Å². The van der Waals surface area contributed by atoms with Crippen molar-refractivity contribution in [3.8, 4) is 0 Å². The van der Waals surface area contributed by atoms with Crippen LogP contribution in [0.3, 0.4) is 0 Å². The molecule has 1 aromatic carbocycles. The lowest BCUT2D eigenvalue weighted by Gasteiger charge is -2.09. The monoisotopic (exact) mass is 333 g/mol. The highest BCUT2D eigenvalue weighted by molar-refractivity contribution is 7.98. The van der Waals surface area contributed by atoms with Gasteiger partial charge in [-0.3, -0.25) is 4.79 Å². The Morgan fingerprint density at radius 3 is 2.61 bits per heavy atom. The SMILES string of the molecule is CCc1oc(C(=O)NCc2ccc(C)cc2SC)cc1C(=O)O. The lowest BCUT2D eigenvalue weighted by molar-refractivity contribution is 0.0694. The molecule has 0 aliphatic heterocycles. The van der Waals surface area contributed by atoms with Crippen LogP contribution in [-0.4, -0.2) is 23.2 Å². The topological polar surface area (TPSA) is 79.5 Å². The number of benzene rings is 1. The van der Waals surface area contributed by atoms with E-state index in [4.69, 9.17) is 9.52 Å². The first-order valence-electron chi connectivity index (χ1n) is 7.24. The number of hydrogen-bond donors (Lipinski definition) is 2. The second-order valence-electron chi connectivity index (χ2n) is 5.10. The summed E-state index contributed by atoms with van der Waals surface area (Å²) in [6.45, 7) is 4.16. The van der Waals surface area contributed by atoms with Crippen LogP contribution in [-0.2, 0) is 13.0 Å². The molecular formula is C17H19NO4S. The molecule has 1 amide bonds. The summed E-state index contributed by atoms with van der Waals surface area (Å²) in [5.74, 6) is -1.17. The van der Waals surface area contributed by atoms with E-state index in [1.807, 2.05) is 25.3 Å². The van der Waals surface area contributed by atoms with Gasteiger partial charge in [0, 0.05) is 23.9 Å². The Labute approximate surface area is 139 Å². The van der Waals surface area contributed by atoms with Crippen LogP contribution >= 0.6 is 11.8 Å². The van der Waals surface area contributed by atoms with Gasteiger partial charge in [0.15, 0.2) is 5.76 Å². The molecule has 0 aliphatic carbocycles. The normalized spacial score (nSPS) is 10.6. The third-order valence-corrected chi connectivity index (χ3v) is 4.29. The van der Waals surface area contributed by atoms with Gasteiger partial charge in [-0.05, 0) is 30.4 Å². The number of thioether (sulfide) groups is 1. The third-order valence-electron chi connectivity index (χ3n) is 3.47. The largest absolute Gasteiger partial charge is 0.478 e. The molecule has 0 unspecified atom stereocenters. The van der Waals surface area contributed by atoms with Gasteiger partial charge in [-0.25, -0.2) is 4.79 Å². The molecule has 0 saturated carbocycles. The van der Waals surface area contributed by atoms with E-state index in [0.29, 0.717) is 18.7 Å². The molecule has 0 atom stereocenters. The number of carbonyl (C=O) groups excluding carboxylic acids is 1. The van der Waals surface area contributed by atoms with Crippen LogP contribution in [0, 0.1) is 6.92 Å². The van der Waals surface area contributed by atoms with Gasteiger partial charge < -0.3 is 14.8 Å². The molecule has 0 radical (unpaired) electrons. The van der Waals surface area contributed by atoms with Crippen molar-refractivity contribution in [2.24, 2.45) is 0 Å². The van der Waals surface area contributed by atoms with E-state index in [1.165, 1.54) is 6.07 Å². The Morgan fingerprint density at radius 2 is 2.04 bits per heavy atom. The van der Waals surface area contributed by atoms with Gasteiger partial charge >= 0.3 is 5.97 Å². The first-order chi connectivity index (χ1) is 11.0. The standard InChI is InChI=1S/C17H19NO4S/c1-4-13-12(17(20)21)8-14(22-13)16(19)18-9-11-6-5-10(2)7-15(11)23-3/h5-8H,4,9H2,1-3H3,(H,18,19)(H,20,21). The third kappa shape index (κ3) is 3.96. The van der Waals surface area contributed by atoms with Crippen LogP contribution in [0.25, 0.3) is 0 Å². The van der Waals surface area contributed by atoms with Crippen LogP contribution in [0.1, 0.15) is 44.7 Å². The van der Waals surface area contributed by atoms with Gasteiger partial charge in [-0.1, -0.05) is 19.1 Å². The zero-order valence-electron chi connectivity index (χ0n) is 13.3. The fourth-order valence-corrected chi connectivity index (χ4v) is 2.95. The predicted octanol–water partition coefficient (Wildman–Crippen LogP) is 3.50. The number of aryl methyl sites for hydroxylation is 2. The summed E-state index contributed by atoms with van der Waals surface area (Å²) in [5.41, 5.74) is 2.21. The summed E-state index contributed by atoms with van der Waals surface area (Å²) < 4.78 is 5.35. The number of nitrogens with one attached hydrogen (secondary N) is 1. The maximum atomic E-state index is 12.2. The first-order valence-corrected chi connectivity index (χ1v) is 8.46. The van der Waals surface area contributed by atoms with E-state index >= 15 is 0 Å². The second-order valence-corrected chi connectivity index (χ2v) is 5.95. The molecule has 0 saturated heterocycles. The van der Waals surface area contributed by atoms with E-state index in [1.54, 1.807) is 18.7 Å². The Morgan fingerprint density at radius 1 is 1.30 bits per heavy atom. The summed E-state index contributed by atoms with van der Waals surface area (Å²) in [6.07, 6.45) is 2.41. The number of hydrogen-bond acceptors (Lipinski definition) is 4. The van der Waals surface area contributed by atoms with E-state index in [0.717, 1.165) is 16.0 Å². The van der Waals surface area contributed by atoms with Crippen LogP contribution in [0.4, 0.5) is 0 Å². The summed E-state index contributed by atoms with van der Waals surface area (Å²) >= 11 is 1.62. The molecule has 2 aromatic rings. The summed E-state index contributed by atoms with van der Waals surface area (Å²) in [4.78, 5) is 24.4. The fraction of sp³-hybridized carbons (Fsp3) is 0.294. The summed E-state index contributed by atoms with van der Waals surface area (Å²) in [6, 6.07) is 7.31. The van der Waals surface area contributed by atoms with E-state index in [2.05, 4.69) is 11.4 Å². The molecular weight excluding hydrogens is 314 g/mol. The maximum Gasteiger partial charge on any atom is 0.339 e. The van der Waals surface area contributed by atoms with Gasteiger partial charge in [0.05, 0.1) is 0 Å². The minimum atomic E-state index is -1.09. The van der Waals surface area contributed by atoms with Gasteiger partial charge in [-0.2, -0.15) is 0 Å². The molecule has 122 valence electrons. The molecule has 2 N–H and O–H groups in total.